The molecule has 88 valence electrons. The molecule has 4 heteroatoms. The van der Waals surface area contributed by atoms with Crippen molar-refractivity contribution < 1.29 is 0 Å². The zero-order valence-electron chi connectivity index (χ0n) is 9.27. The van der Waals surface area contributed by atoms with Crippen LogP contribution in [0.3, 0.4) is 0 Å². The van der Waals surface area contributed by atoms with E-state index in [9.17, 15) is 0 Å². The van der Waals surface area contributed by atoms with E-state index in [1.54, 1.807) is 6.20 Å². The van der Waals surface area contributed by atoms with Gasteiger partial charge in [-0.05, 0) is 24.3 Å². The summed E-state index contributed by atoms with van der Waals surface area (Å²) in [5.74, 6) is 1.87. The van der Waals surface area contributed by atoms with E-state index in [0.29, 0.717) is 5.02 Å². The Morgan fingerprint density at radius 1 is 1.12 bits per heavy atom. The van der Waals surface area contributed by atoms with Gasteiger partial charge in [-0.25, -0.2) is 4.98 Å². The summed E-state index contributed by atoms with van der Waals surface area (Å²) in [4.78, 5) is 5.46. The number of nitrogens with one attached hydrogen (secondary N) is 1. The van der Waals surface area contributed by atoms with Crippen LogP contribution in [0.1, 0.15) is 0 Å². The maximum absolute atomic E-state index is 5.76. The molecule has 2 rings (SSSR count). The van der Waals surface area contributed by atoms with Crippen LogP contribution in [-0.4, -0.2) is 17.3 Å². The summed E-state index contributed by atoms with van der Waals surface area (Å²) >= 11 is 7.59. The number of nitrogens with zero attached hydrogens (tertiary/aromatic N) is 1. The van der Waals surface area contributed by atoms with Crippen LogP contribution in [0.15, 0.2) is 53.6 Å². The highest BCUT2D eigenvalue weighted by Gasteiger charge is 1.95. The van der Waals surface area contributed by atoms with Gasteiger partial charge in [0.25, 0.3) is 0 Å². The van der Waals surface area contributed by atoms with Gasteiger partial charge in [0.2, 0.25) is 0 Å². The minimum absolute atomic E-state index is 0.661. The first kappa shape index (κ1) is 12.3. The Balaban J connectivity index is 1.71. The zero-order valence-corrected chi connectivity index (χ0v) is 10.8. The molecule has 1 aromatic carbocycles. The van der Waals surface area contributed by atoms with Gasteiger partial charge in [0.1, 0.15) is 5.82 Å². The molecular weight excluding hydrogens is 252 g/mol. The molecule has 0 atom stereocenters. The van der Waals surface area contributed by atoms with Crippen molar-refractivity contribution in [1.29, 1.82) is 0 Å². The lowest BCUT2D eigenvalue weighted by molar-refractivity contribution is 1.17. The quantitative estimate of drug-likeness (QED) is 0.654. The lowest BCUT2D eigenvalue weighted by Gasteiger charge is -2.05. The van der Waals surface area contributed by atoms with E-state index >= 15 is 0 Å². The largest absolute Gasteiger partial charge is 0.369 e. The molecule has 1 heterocycles. The Morgan fingerprint density at radius 3 is 2.65 bits per heavy atom. The standard InChI is InChI=1S/C13H13ClN2S/c14-11-6-7-13(16-10-11)15-8-9-17-12-4-2-1-3-5-12/h1-7,10H,8-9H2,(H,15,16). The number of thioether (sulfide) groups is 1. The second kappa shape index (κ2) is 6.52. The number of aromatic nitrogens is 1. The molecule has 2 aromatic rings. The van der Waals surface area contributed by atoms with Crippen molar-refractivity contribution in [3.8, 4) is 0 Å². The Labute approximate surface area is 110 Å². The first-order chi connectivity index (χ1) is 8.34. The van der Waals surface area contributed by atoms with Gasteiger partial charge < -0.3 is 5.32 Å². The third-order valence-electron chi connectivity index (χ3n) is 2.15. The van der Waals surface area contributed by atoms with Crippen molar-refractivity contribution in [3.63, 3.8) is 0 Å². The van der Waals surface area contributed by atoms with Crippen molar-refractivity contribution in [1.82, 2.24) is 4.98 Å². The van der Waals surface area contributed by atoms with Crippen LogP contribution in [0.2, 0.25) is 5.02 Å². The molecule has 0 fully saturated rings. The minimum atomic E-state index is 0.661. The fraction of sp³-hybridized carbons (Fsp3) is 0.154. The summed E-state index contributed by atoms with van der Waals surface area (Å²) < 4.78 is 0. The second-order valence-electron chi connectivity index (χ2n) is 3.45. The van der Waals surface area contributed by atoms with E-state index < -0.39 is 0 Å². The number of halogens is 1. The third-order valence-corrected chi connectivity index (χ3v) is 3.38. The van der Waals surface area contributed by atoms with Gasteiger partial charge in [-0.1, -0.05) is 29.8 Å². The van der Waals surface area contributed by atoms with Gasteiger partial charge in [0.05, 0.1) is 5.02 Å². The van der Waals surface area contributed by atoms with E-state index in [2.05, 4.69) is 34.6 Å². The SMILES string of the molecule is Clc1ccc(NCCSc2ccccc2)nc1. The van der Waals surface area contributed by atoms with E-state index in [4.69, 9.17) is 11.6 Å². The Morgan fingerprint density at radius 2 is 1.94 bits per heavy atom. The lowest BCUT2D eigenvalue weighted by atomic mass is 10.4. The van der Waals surface area contributed by atoms with Gasteiger partial charge >= 0.3 is 0 Å². The average Bonchev–Trinajstić information content (AvgIpc) is 2.38. The van der Waals surface area contributed by atoms with E-state index in [1.807, 2.05) is 30.0 Å². The molecule has 0 aliphatic heterocycles. The summed E-state index contributed by atoms with van der Waals surface area (Å²) in [6.45, 7) is 0.883. The van der Waals surface area contributed by atoms with Gasteiger partial charge in [-0.15, -0.1) is 11.8 Å². The smallest absolute Gasteiger partial charge is 0.126 e. The molecule has 17 heavy (non-hydrogen) atoms. The number of rotatable bonds is 5. The van der Waals surface area contributed by atoms with Gasteiger partial charge in [0, 0.05) is 23.4 Å². The van der Waals surface area contributed by atoms with Crippen LogP contribution in [0.25, 0.3) is 0 Å². The van der Waals surface area contributed by atoms with Crippen LogP contribution < -0.4 is 5.32 Å². The van der Waals surface area contributed by atoms with Crippen molar-refractivity contribution in [2.75, 3.05) is 17.6 Å². The van der Waals surface area contributed by atoms with E-state index in [0.717, 1.165) is 18.1 Å². The molecule has 1 N–H and O–H groups in total. The number of pyridine rings is 1. The highest BCUT2D eigenvalue weighted by atomic mass is 35.5. The molecule has 0 spiro atoms. The molecule has 0 saturated carbocycles. The molecule has 0 aliphatic rings. The molecule has 0 radical (unpaired) electrons. The van der Waals surface area contributed by atoms with Crippen LogP contribution in [0.4, 0.5) is 5.82 Å². The number of benzene rings is 1. The molecule has 0 amide bonds. The first-order valence-corrected chi connectivity index (χ1v) is 6.74. The van der Waals surface area contributed by atoms with Crippen molar-refractivity contribution in [2.45, 2.75) is 4.90 Å². The van der Waals surface area contributed by atoms with Crippen LogP contribution >= 0.6 is 23.4 Å². The topological polar surface area (TPSA) is 24.9 Å². The number of hydrogen-bond donors (Lipinski definition) is 1. The summed E-state index contributed by atoms with van der Waals surface area (Å²) in [5.41, 5.74) is 0. The highest BCUT2D eigenvalue weighted by Crippen LogP contribution is 2.16. The molecule has 0 unspecified atom stereocenters. The van der Waals surface area contributed by atoms with Crippen LogP contribution in [0.5, 0.6) is 0 Å². The molecule has 2 nitrogen and oxygen atoms in total. The zero-order chi connectivity index (χ0) is 11.9. The molecule has 1 aromatic heterocycles. The molecule has 0 saturated heterocycles. The van der Waals surface area contributed by atoms with Crippen molar-refractivity contribution in [2.24, 2.45) is 0 Å². The van der Waals surface area contributed by atoms with Gasteiger partial charge in [-0.3, -0.25) is 0 Å². The second-order valence-corrected chi connectivity index (χ2v) is 5.05. The summed E-state index contributed by atoms with van der Waals surface area (Å²) in [7, 11) is 0. The van der Waals surface area contributed by atoms with Crippen molar-refractivity contribution >= 4 is 29.2 Å². The predicted octanol–water partition coefficient (Wildman–Crippen LogP) is 3.94. The molecule has 0 bridgehead atoms. The molecule has 0 aliphatic carbocycles. The normalized spacial score (nSPS) is 10.2. The summed E-state index contributed by atoms with van der Waals surface area (Å²) in [6.07, 6.45) is 1.65. The van der Waals surface area contributed by atoms with E-state index in [-0.39, 0.29) is 0 Å². The third kappa shape index (κ3) is 4.29. The Hall–Kier alpha value is -1.19. The van der Waals surface area contributed by atoms with Gasteiger partial charge in [-0.2, -0.15) is 0 Å². The fourth-order valence-electron chi connectivity index (χ4n) is 1.35. The first-order valence-electron chi connectivity index (χ1n) is 5.38. The monoisotopic (exact) mass is 264 g/mol. The minimum Gasteiger partial charge on any atom is -0.369 e. The average molecular weight is 265 g/mol. The Bertz CT molecular complexity index is 445. The summed E-state index contributed by atoms with van der Waals surface area (Å²) in [5, 5.41) is 3.91. The fourth-order valence-corrected chi connectivity index (χ4v) is 2.25. The van der Waals surface area contributed by atoms with Crippen molar-refractivity contribution in [3.05, 3.63) is 53.7 Å². The van der Waals surface area contributed by atoms with Crippen LogP contribution in [-0.2, 0) is 0 Å². The summed E-state index contributed by atoms with van der Waals surface area (Å²) in [6, 6.07) is 14.1. The van der Waals surface area contributed by atoms with Crippen LogP contribution in [0, 0.1) is 0 Å². The number of anilines is 1. The highest BCUT2D eigenvalue weighted by molar-refractivity contribution is 7.99. The molecular formula is C13H13ClN2S. The Kier molecular flexibility index (Phi) is 4.71. The lowest BCUT2D eigenvalue weighted by Crippen LogP contribution is -2.05. The maximum atomic E-state index is 5.76. The van der Waals surface area contributed by atoms with Gasteiger partial charge in [0.15, 0.2) is 0 Å². The maximum Gasteiger partial charge on any atom is 0.126 e. The van der Waals surface area contributed by atoms with E-state index in [1.165, 1.54) is 4.90 Å². The number of hydrogen-bond acceptors (Lipinski definition) is 3. The predicted molar refractivity (Wildman–Crippen MR) is 74.9 cm³/mol.